The zero-order chi connectivity index (χ0) is 16.1. The third-order valence-corrected chi connectivity index (χ3v) is 3.65. The van der Waals surface area contributed by atoms with Crippen molar-refractivity contribution >= 4 is 34.6 Å². The first kappa shape index (κ1) is 16.2. The van der Waals surface area contributed by atoms with Gasteiger partial charge in [-0.3, -0.25) is 14.4 Å². The third-order valence-electron chi connectivity index (χ3n) is 2.76. The molecule has 0 spiro atoms. The largest absolute Gasteiger partial charge is 0.454 e. The number of nitrogens with zero attached hydrogens (tertiary/aromatic N) is 1. The molecule has 1 N–H and O–H groups in total. The Hall–Kier alpha value is -2.16. The first-order valence-corrected chi connectivity index (χ1v) is 7.27. The summed E-state index contributed by atoms with van der Waals surface area (Å²) in [5.41, 5.74) is -0.602. The molecule has 1 heterocycles. The smallest absolute Gasteiger partial charge is 0.326 e. The number of halogens is 2. The Morgan fingerprint density at radius 1 is 1.32 bits per heavy atom. The van der Waals surface area contributed by atoms with Crippen LogP contribution in [0.1, 0.15) is 0 Å². The van der Waals surface area contributed by atoms with Gasteiger partial charge in [0.25, 0.3) is 11.1 Å². The van der Waals surface area contributed by atoms with Gasteiger partial charge in [0.05, 0.1) is 0 Å². The molecule has 1 aliphatic heterocycles. The van der Waals surface area contributed by atoms with Crippen LogP contribution in [0.3, 0.4) is 0 Å². The van der Waals surface area contributed by atoms with Crippen molar-refractivity contribution in [1.29, 1.82) is 0 Å². The van der Waals surface area contributed by atoms with Crippen LogP contribution in [0.15, 0.2) is 18.2 Å². The molecule has 0 atom stereocenters. The quantitative estimate of drug-likeness (QED) is 0.830. The molecule has 0 unspecified atom stereocenters. The van der Waals surface area contributed by atoms with E-state index >= 15 is 0 Å². The first-order valence-electron chi connectivity index (χ1n) is 6.28. The monoisotopic (exact) mass is 330 g/mol. The van der Waals surface area contributed by atoms with E-state index in [4.69, 9.17) is 0 Å². The van der Waals surface area contributed by atoms with Gasteiger partial charge in [-0.05, 0) is 12.1 Å². The molecule has 0 bridgehead atoms. The summed E-state index contributed by atoms with van der Waals surface area (Å²) < 4.78 is 31.3. The van der Waals surface area contributed by atoms with E-state index in [2.05, 4.69) is 4.74 Å². The zero-order valence-electron chi connectivity index (χ0n) is 11.3. The highest BCUT2D eigenvalue weighted by atomic mass is 32.2. The van der Waals surface area contributed by atoms with Crippen LogP contribution < -0.4 is 5.32 Å². The van der Waals surface area contributed by atoms with Gasteiger partial charge in [-0.1, -0.05) is 17.8 Å². The molecular weight excluding hydrogens is 318 g/mol. The van der Waals surface area contributed by atoms with Crippen LogP contribution in [0.2, 0.25) is 0 Å². The number of hydrogen-bond donors (Lipinski definition) is 1. The maximum Gasteiger partial charge on any atom is 0.326 e. The molecule has 2 amide bonds. The zero-order valence-corrected chi connectivity index (χ0v) is 12.1. The van der Waals surface area contributed by atoms with Crippen molar-refractivity contribution < 1.29 is 27.9 Å². The molecule has 6 nitrogen and oxygen atoms in total. The molecule has 0 saturated carbocycles. The summed E-state index contributed by atoms with van der Waals surface area (Å²) in [6.45, 7) is -0.514. The van der Waals surface area contributed by atoms with Gasteiger partial charge in [0.2, 0.25) is 0 Å². The average Bonchev–Trinajstić information content (AvgIpc) is 2.86. The van der Waals surface area contributed by atoms with Crippen LogP contribution in [0.5, 0.6) is 0 Å². The minimum atomic E-state index is -0.931. The highest BCUT2D eigenvalue weighted by Crippen LogP contribution is 2.18. The molecule has 1 aliphatic rings. The number of anilines is 1. The van der Waals surface area contributed by atoms with Crippen molar-refractivity contribution in [1.82, 2.24) is 4.90 Å². The van der Waals surface area contributed by atoms with E-state index < -0.39 is 35.8 Å². The summed E-state index contributed by atoms with van der Waals surface area (Å²) in [4.78, 5) is 35.6. The lowest BCUT2D eigenvalue weighted by molar-refractivity contribution is -0.147. The van der Waals surface area contributed by atoms with Gasteiger partial charge in [0, 0.05) is 12.3 Å². The second kappa shape index (κ2) is 7.21. The minimum Gasteiger partial charge on any atom is -0.454 e. The van der Waals surface area contributed by atoms with Gasteiger partial charge in [-0.15, -0.1) is 0 Å². The van der Waals surface area contributed by atoms with Crippen molar-refractivity contribution in [2.45, 2.75) is 0 Å². The highest BCUT2D eigenvalue weighted by Gasteiger charge is 2.24. The molecule has 1 aromatic carbocycles. The highest BCUT2D eigenvalue weighted by molar-refractivity contribution is 8.13. The molecule has 1 aromatic rings. The Morgan fingerprint density at radius 2 is 2.00 bits per heavy atom. The maximum atomic E-state index is 13.3. The molecule has 0 aromatic heterocycles. The van der Waals surface area contributed by atoms with Crippen molar-refractivity contribution in [3.63, 3.8) is 0 Å². The Kier molecular flexibility index (Phi) is 5.31. The predicted molar refractivity (Wildman–Crippen MR) is 75.4 cm³/mol. The van der Waals surface area contributed by atoms with Crippen LogP contribution >= 0.6 is 11.8 Å². The van der Waals surface area contributed by atoms with Crippen molar-refractivity contribution in [2.24, 2.45) is 0 Å². The van der Waals surface area contributed by atoms with Crippen molar-refractivity contribution in [3.8, 4) is 0 Å². The fourth-order valence-corrected chi connectivity index (χ4v) is 2.53. The van der Waals surface area contributed by atoms with Gasteiger partial charge in [-0.25, -0.2) is 8.78 Å². The van der Waals surface area contributed by atoms with Crippen LogP contribution in [0.4, 0.5) is 19.3 Å². The normalized spacial score (nSPS) is 14.1. The summed E-state index contributed by atoms with van der Waals surface area (Å²) >= 11 is 1.09. The molecule has 1 fully saturated rings. The first-order chi connectivity index (χ1) is 10.5. The average molecular weight is 330 g/mol. The van der Waals surface area contributed by atoms with Crippen molar-refractivity contribution in [3.05, 3.63) is 29.8 Å². The van der Waals surface area contributed by atoms with Crippen LogP contribution in [0.25, 0.3) is 0 Å². The summed E-state index contributed by atoms with van der Waals surface area (Å²) in [6, 6.07) is 3.13. The number of thioether (sulfide) groups is 1. The summed E-state index contributed by atoms with van der Waals surface area (Å²) in [5, 5.41) is 1.76. The number of amides is 2. The Balaban J connectivity index is 1.80. The van der Waals surface area contributed by atoms with Gasteiger partial charge in [0.15, 0.2) is 6.61 Å². The fourth-order valence-electron chi connectivity index (χ4n) is 1.71. The van der Waals surface area contributed by atoms with E-state index in [0.29, 0.717) is 12.3 Å². The lowest BCUT2D eigenvalue weighted by Gasteiger charge is -2.13. The molecule has 118 valence electrons. The number of ether oxygens (including phenoxy) is 1. The maximum absolute atomic E-state index is 13.3. The van der Waals surface area contributed by atoms with Gasteiger partial charge in [0.1, 0.15) is 23.9 Å². The van der Waals surface area contributed by atoms with Crippen LogP contribution in [-0.4, -0.2) is 47.5 Å². The van der Waals surface area contributed by atoms with Gasteiger partial charge < -0.3 is 15.0 Å². The van der Waals surface area contributed by atoms with E-state index in [9.17, 15) is 23.2 Å². The van der Waals surface area contributed by atoms with E-state index in [-0.39, 0.29) is 11.8 Å². The summed E-state index contributed by atoms with van der Waals surface area (Å²) in [5.74, 6) is -2.91. The summed E-state index contributed by atoms with van der Waals surface area (Å²) in [7, 11) is 0. The lowest BCUT2D eigenvalue weighted by atomic mass is 10.3. The molecule has 22 heavy (non-hydrogen) atoms. The number of carbonyl (C=O) groups is 3. The summed E-state index contributed by atoms with van der Waals surface area (Å²) in [6.07, 6.45) is 0. The predicted octanol–water partition coefficient (Wildman–Crippen LogP) is 1.62. The van der Waals surface area contributed by atoms with Gasteiger partial charge >= 0.3 is 5.97 Å². The number of rotatable bonds is 5. The minimum absolute atomic E-state index is 0.227. The second-order valence-corrected chi connectivity index (χ2v) is 5.39. The molecular formula is C13H12F2N2O4S. The number of esters is 1. The second-order valence-electron chi connectivity index (χ2n) is 4.34. The van der Waals surface area contributed by atoms with E-state index in [0.717, 1.165) is 30.0 Å². The number of nitrogens with one attached hydrogen (secondary N) is 1. The molecule has 0 radical (unpaired) electrons. The molecule has 2 rings (SSSR count). The topological polar surface area (TPSA) is 75.7 Å². The standard InChI is InChI=1S/C13H12F2N2O4S/c14-8-2-1-3-9(15)12(8)16-10(18)7-21-11(19)6-17-4-5-22-13(17)20/h1-3H,4-7H2,(H,16,18). The Morgan fingerprint density at radius 3 is 2.59 bits per heavy atom. The van der Waals surface area contributed by atoms with Crippen molar-refractivity contribution in [2.75, 3.05) is 30.8 Å². The number of carbonyl (C=O) groups excluding carboxylic acids is 3. The number of para-hydroxylation sites is 1. The Labute approximate surface area is 128 Å². The number of benzene rings is 1. The van der Waals surface area contributed by atoms with E-state index in [1.165, 1.54) is 4.90 Å². The molecule has 0 aliphatic carbocycles. The van der Waals surface area contributed by atoms with E-state index in [1.807, 2.05) is 5.32 Å². The SMILES string of the molecule is O=C(COC(=O)CN1CCSC1=O)Nc1c(F)cccc1F. The number of hydrogen-bond acceptors (Lipinski definition) is 5. The molecule has 9 heteroatoms. The van der Waals surface area contributed by atoms with Crippen LogP contribution in [0, 0.1) is 11.6 Å². The van der Waals surface area contributed by atoms with Crippen LogP contribution in [-0.2, 0) is 14.3 Å². The molecule has 1 saturated heterocycles. The third kappa shape index (κ3) is 4.17. The van der Waals surface area contributed by atoms with Gasteiger partial charge in [-0.2, -0.15) is 0 Å². The lowest BCUT2D eigenvalue weighted by Crippen LogP contribution is -2.32. The fraction of sp³-hybridized carbons (Fsp3) is 0.308. The Bertz CT molecular complexity index is 591. The van der Waals surface area contributed by atoms with E-state index in [1.54, 1.807) is 0 Å².